The van der Waals surface area contributed by atoms with Crippen LogP contribution in [0.4, 0.5) is 11.6 Å². The summed E-state index contributed by atoms with van der Waals surface area (Å²) in [4.78, 5) is 24.1. The second-order valence-corrected chi connectivity index (χ2v) is 4.07. The van der Waals surface area contributed by atoms with Gasteiger partial charge in [0.15, 0.2) is 5.82 Å². The van der Waals surface area contributed by atoms with Crippen LogP contribution in [-0.4, -0.2) is 20.9 Å². The Morgan fingerprint density at radius 1 is 1.37 bits per heavy atom. The summed E-state index contributed by atoms with van der Waals surface area (Å²) in [6, 6.07) is 3.29. The van der Waals surface area contributed by atoms with Crippen LogP contribution in [0.1, 0.15) is 29.4 Å². The molecule has 2 rings (SSSR count). The van der Waals surface area contributed by atoms with E-state index in [1.807, 2.05) is 6.92 Å². The Morgan fingerprint density at radius 3 is 2.89 bits per heavy atom. The zero-order valence-corrected chi connectivity index (χ0v) is 10.6. The highest BCUT2D eigenvalue weighted by atomic mass is 16.1. The van der Waals surface area contributed by atoms with Gasteiger partial charge in [-0.3, -0.25) is 9.78 Å². The fraction of sp³-hybridized carbons (Fsp3) is 0.231. The number of hydrogen-bond donors (Lipinski definition) is 2. The number of rotatable bonds is 4. The molecule has 0 bridgehead atoms. The minimum absolute atomic E-state index is 0.271. The second-order valence-electron chi connectivity index (χ2n) is 4.07. The zero-order valence-electron chi connectivity index (χ0n) is 10.6. The van der Waals surface area contributed by atoms with Crippen LogP contribution in [0.5, 0.6) is 0 Å². The molecule has 0 aliphatic heterocycles. The number of hydrogen-bond acceptors (Lipinski definition) is 5. The summed E-state index contributed by atoms with van der Waals surface area (Å²) in [6.07, 6.45) is 6.27. The molecule has 6 heteroatoms. The number of pyridine rings is 1. The van der Waals surface area contributed by atoms with Crippen LogP contribution < -0.4 is 11.1 Å². The highest BCUT2D eigenvalue weighted by Gasteiger charge is 2.09. The molecular formula is C13H15N5O. The average Bonchev–Trinajstić information content (AvgIpc) is 2.39. The van der Waals surface area contributed by atoms with E-state index in [4.69, 9.17) is 5.73 Å². The third kappa shape index (κ3) is 3.48. The van der Waals surface area contributed by atoms with Crippen LogP contribution in [0.2, 0.25) is 0 Å². The molecule has 0 unspecified atom stereocenters. The van der Waals surface area contributed by atoms with Gasteiger partial charge in [0.25, 0.3) is 5.91 Å². The normalized spacial score (nSPS) is 10.2. The molecule has 0 aliphatic rings. The Labute approximate surface area is 111 Å². The van der Waals surface area contributed by atoms with Gasteiger partial charge in [-0.25, -0.2) is 9.97 Å². The number of aryl methyl sites for hydroxylation is 1. The molecule has 0 spiro atoms. The molecular weight excluding hydrogens is 242 g/mol. The molecule has 0 saturated heterocycles. The van der Waals surface area contributed by atoms with Gasteiger partial charge in [-0.2, -0.15) is 0 Å². The summed E-state index contributed by atoms with van der Waals surface area (Å²) in [5, 5.41) is 2.66. The van der Waals surface area contributed by atoms with Crippen LogP contribution in [0.15, 0.2) is 30.7 Å². The van der Waals surface area contributed by atoms with Gasteiger partial charge in [0.1, 0.15) is 5.82 Å². The van der Waals surface area contributed by atoms with Crippen molar-refractivity contribution in [1.82, 2.24) is 15.0 Å². The van der Waals surface area contributed by atoms with E-state index in [0.717, 1.165) is 18.5 Å². The van der Waals surface area contributed by atoms with Crippen molar-refractivity contribution in [2.24, 2.45) is 0 Å². The molecule has 2 aromatic rings. The summed E-state index contributed by atoms with van der Waals surface area (Å²) in [7, 11) is 0. The molecule has 0 saturated carbocycles. The molecule has 1 amide bonds. The summed E-state index contributed by atoms with van der Waals surface area (Å²) in [5.74, 6) is 0.474. The smallest absolute Gasteiger partial charge is 0.257 e. The minimum atomic E-state index is -0.271. The number of carbonyl (C=O) groups is 1. The van der Waals surface area contributed by atoms with E-state index in [9.17, 15) is 4.79 Å². The monoisotopic (exact) mass is 257 g/mol. The van der Waals surface area contributed by atoms with E-state index < -0.39 is 0 Å². The predicted octanol–water partition coefficient (Wildman–Crippen LogP) is 1.66. The number of nitrogen functional groups attached to an aromatic ring is 1. The highest BCUT2D eigenvalue weighted by molar-refractivity contribution is 6.04. The van der Waals surface area contributed by atoms with E-state index in [0.29, 0.717) is 17.2 Å². The van der Waals surface area contributed by atoms with Crippen molar-refractivity contribution in [2.75, 3.05) is 11.1 Å². The Balaban J connectivity index is 2.19. The first-order chi connectivity index (χ1) is 9.19. The Kier molecular flexibility index (Phi) is 4.02. The summed E-state index contributed by atoms with van der Waals surface area (Å²) >= 11 is 0. The largest absolute Gasteiger partial charge is 0.384 e. The van der Waals surface area contributed by atoms with E-state index >= 15 is 0 Å². The van der Waals surface area contributed by atoms with Crippen LogP contribution in [0, 0.1) is 0 Å². The molecule has 0 aromatic carbocycles. The van der Waals surface area contributed by atoms with Gasteiger partial charge in [0.05, 0.1) is 6.20 Å². The lowest BCUT2D eigenvalue weighted by Gasteiger charge is -2.06. The first kappa shape index (κ1) is 12.9. The lowest BCUT2D eigenvalue weighted by molar-refractivity contribution is 0.102. The van der Waals surface area contributed by atoms with E-state index in [-0.39, 0.29) is 5.91 Å². The van der Waals surface area contributed by atoms with Gasteiger partial charge in [0, 0.05) is 23.7 Å². The molecule has 0 atom stereocenters. The molecule has 3 N–H and O–H groups in total. The van der Waals surface area contributed by atoms with Crippen molar-refractivity contribution in [3.63, 3.8) is 0 Å². The van der Waals surface area contributed by atoms with Crippen molar-refractivity contribution < 1.29 is 4.79 Å². The van der Waals surface area contributed by atoms with E-state index in [1.54, 1.807) is 18.3 Å². The van der Waals surface area contributed by atoms with E-state index in [1.165, 1.54) is 12.4 Å². The maximum Gasteiger partial charge on any atom is 0.257 e. The van der Waals surface area contributed by atoms with Gasteiger partial charge in [-0.15, -0.1) is 0 Å². The predicted molar refractivity (Wildman–Crippen MR) is 72.6 cm³/mol. The van der Waals surface area contributed by atoms with Gasteiger partial charge >= 0.3 is 0 Å². The maximum absolute atomic E-state index is 12.1. The summed E-state index contributed by atoms with van der Waals surface area (Å²) in [6.45, 7) is 2.05. The molecule has 2 heterocycles. The number of anilines is 2. The molecule has 0 aliphatic carbocycles. The topological polar surface area (TPSA) is 93.8 Å². The zero-order chi connectivity index (χ0) is 13.7. The summed E-state index contributed by atoms with van der Waals surface area (Å²) in [5.41, 5.74) is 6.99. The first-order valence-corrected chi connectivity index (χ1v) is 6.03. The minimum Gasteiger partial charge on any atom is -0.384 e. The van der Waals surface area contributed by atoms with Crippen molar-refractivity contribution in [3.8, 4) is 0 Å². The van der Waals surface area contributed by atoms with Gasteiger partial charge < -0.3 is 11.1 Å². The standard InChI is InChI=1S/C13H15N5O/c1-2-3-10-6-9(7-11(14)17-10)13(19)18-12-8-15-4-5-16-12/h4-8H,2-3H2,1H3,(H2,14,17)(H,16,18,19). The molecule has 6 nitrogen and oxygen atoms in total. The molecule has 2 aromatic heterocycles. The van der Waals surface area contributed by atoms with Gasteiger partial charge in [0.2, 0.25) is 0 Å². The number of aromatic nitrogens is 3. The molecule has 0 fully saturated rings. The second kappa shape index (κ2) is 5.90. The Hall–Kier alpha value is -2.50. The van der Waals surface area contributed by atoms with Gasteiger partial charge in [-0.05, 0) is 18.6 Å². The quantitative estimate of drug-likeness (QED) is 0.868. The Bertz CT molecular complexity index is 571. The molecule has 98 valence electrons. The fourth-order valence-electron chi connectivity index (χ4n) is 1.68. The third-order valence-corrected chi connectivity index (χ3v) is 2.47. The first-order valence-electron chi connectivity index (χ1n) is 6.03. The average molecular weight is 257 g/mol. The third-order valence-electron chi connectivity index (χ3n) is 2.47. The lowest BCUT2D eigenvalue weighted by atomic mass is 10.1. The van der Waals surface area contributed by atoms with Crippen molar-refractivity contribution in [3.05, 3.63) is 42.0 Å². The SMILES string of the molecule is CCCc1cc(C(=O)Nc2cnccn2)cc(N)n1. The summed E-state index contributed by atoms with van der Waals surface area (Å²) < 4.78 is 0. The van der Waals surface area contributed by atoms with Gasteiger partial charge in [-0.1, -0.05) is 13.3 Å². The molecule has 0 radical (unpaired) electrons. The lowest BCUT2D eigenvalue weighted by Crippen LogP contribution is -2.14. The molecule has 19 heavy (non-hydrogen) atoms. The van der Waals surface area contributed by atoms with Crippen LogP contribution in [-0.2, 0) is 6.42 Å². The van der Waals surface area contributed by atoms with Crippen LogP contribution in [0.25, 0.3) is 0 Å². The number of amides is 1. The van der Waals surface area contributed by atoms with E-state index in [2.05, 4.69) is 20.3 Å². The fourth-order valence-corrected chi connectivity index (χ4v) is 1.68. The van der Waals surface area contributed by atoms with Crippen LogP contribution >= 0.6 is 0 Å². The van der Waals surface area contributed by atoms with Crippen molar-refractivity contribution in [2.45, 2.75) is 19.8 Å². The van der Waals surface area contributed by atoms with Crippen LogP contribution in [0.3, 0.4) is 0 Å². The number of nitrogens with one attached hydrogen (secondary N) is 1. The maximum atomic E-state index is 12.1. The Morgan fingerprint density at radius 2 is 2.21 bits per heavy atom. The number of carbonyl (C=O) groups excluding carboxylic acids is 1. The van der Waals surface area contributed by atoms with Crippen molar-refractivity contribution in [1.29, 1.82) is 0 Å². The highest BCUT2D eigenvalue weighted by Crippen LogP contribution is 2.11. The number of nitrogens with two attached hydrogens (primary N) is 1. The number of nitrogens with zero attached hydrogens (tertiary/aromatic N) is 3. The van der Waals surface area contributed by atoms with Crippen molar-refractivity contribution >= 4 is 17.5 Å².